The van der Waals surface area contributed by atoms with E-state index < -0.39 is 0 Å². The second kappa shape index (κ2) is 10.3. The summed E-state index contributed by atoms with van der Waals surface area (Å²) in [6.07, 6.45) is 5.23. The zero-order chi connectivity index (χ0) is 22.4. The standard InChI is InChI=1S/C20H23ClN8O2S/c1-22-19(30)24-4-7-29(8-11-32-20(29)25-16-12-15(21)13-23-14-16)18-3-2-17(26-27-18)28-5-9-31-10-6-28/h2-3,8,11-14H,4-7,9-10H2,1H3,(H-,22,24,30)/p+1/b25-20-. The summed E-state index contributed by atoms with van der Waals surface area (Å²) in [7, 11) is 1.58. The quantitative estimate of drug-likeness (QED) is 0.618. The Morgan fingerprint density at radius 3 is 2.88 bits per heavy atom. The first kappa shape index (κ1) is 22.5. The van der Waals surface area contributed by atoms with Crippen LogP contribution in [0.2, 0.25) is 5.02 Å². The summed E-state index contributed by atoms with van der Waals surface area (Å²) in [5.74, 6) is 1.52. The molecule has 2 N–H and O–H groups in total. The molecule has 12 heteroatoms. The summed E-state index contributed by atoms with van der Waals surface area (Å²) in [6, 6.07) is 5.44. The number of rotatable bonds is 6. The molecule has 2 aromatic rings. The van der Waals surface area contributed by atoms with Crippen molar-refractivity contribution >= 4 is 51.9 Å². The van der Waals surface area contributed by atoms with Gasteiger partial charge in [0.2, 0.25) is 0 Å². The van der Waals surface area contributed by atoms with E-state index in [2.05, 4.69) is 30.7 Å². The van der Waals surface area contributed by atoms with Gasteiger partial charge in [-0.25, -0.2) is 4.79 Å². The van der Waals surface area contributed by atoms with Crippen molar-refractivity contribution in [3.63, 3.8) is 0 Å². The maximum absolute atomic E-state index is 11.7. The first-order valence-electron chi connectivity index (χ1n) is 10.2. The Labute approximate surface area is 195 Å². The Balaban J connectivity index is 1.65. The lowest BCUT2D eigenvalue weighted by Gasteiger charge is -2.30. The number of carbonyl (C=O) groups is 1. The summed E-state index contributed by atoms with van der Waals surface area (Å²) in [6.45, 7) is 3.85. The third kappa shape index (κ3) is 5.01. The topological polar surface area (TPSA) is 105 Å². The fourth-order valence-electron chi connectivity index (χ4n) is 3.43. The smallest absolute Gasteiger partial charge is 0.314 e. The van der Waals surface area contributed by atoms with Crippen LogP contribution in [-0.4, -0.2) is 72.8 Å². The number of thioether (sulfide) groups is 1. The predicted molar refractivity (Wildman–Crippen MR) is 127 cm³/mol. The third-order valence-corrected chi connectivity index (χ3v) is 6.20. The van der Waals surface area contributed by atoms with Crippen molar-refractivity contribution in [1.82, 2.24) is 30.3 Å². The lowest BCUT2D eigenvalue weighted by molar-refractivity contribution is 0.122. The van der Waals surface area contributed by atoms with Crippen LogP contribution in [0.3, 0.4) is 0 Å². The number of amidine groups is 1. The van der Waals surface area contributed by atoms with Crippen molar-refractivity contribution in [2.75, 3.05) is 51.3 Å². The van der Waals surface area contributed by atoms with Crippen LogP contribution in [0, 0.1) is 0 Å². The van der Waals surface area contributed by atoms with Crippen LogP contribution in [0.25, 0.3) is 0 Å². The third-order valence-electron chi connectivity index (χ3n) is 5.10. The van der Waals surface area contributed by atoms with E-state index in [1.165, 1.54) is 11.8 Å². The number of aliphatic imine (C=N–C) groups is 1. The number of hydrogen-bond acceptors (Lipinski definition) is 8. The van der Waals surface area contributed by atoms with Gasteiger partial charge in [-0.1, -0.05) is 16.7 Å². The highest BCUT2D eigenvalue weighted by atomic mass is 35.5. The molecule has 1 fully saturated rings. The molecular formula is C20H24ClN8O2S+. The second-order valence-corrected chi connectivity index (χ2v) is 8.42. The number of halogens is 1. The second-order valence-electron chi connectivity index (χ2n) is 7.11. The Kier molecular flexibility index (Phi) is 7.20. The fourth-order valence-corrected chi connectivity index (χ4v) is 4.58. The monoisotopic (exact) mass is 475 g/mol. The zero-order valence-electron chi connectivity index (χ0n) is 17.6. The molecule has 4 heterocycles. The Hall–Kier alpha value is -2.73. The van der Waals surface area contributed by atoms with Crippen molar-refractivity contribution in [3.05, 3.63) is 47.2 Å². The summed E-state index contributed by atoms with van der Waals surface area (Å²) in [4.78, 5) is 22.8. The van der Waals surface area contributed by atoms with E-state index in [1.54, 1.807) is 25.5 Å². The minimum atomic E-state index is -0.245. The van der Waals surface area contributed by atoms with Gasteiger partial charge in [-0.2, -0.15) is 9.48 Å². The van der Waals surface area contributed by atoms with Gasteiger partial charge in [0.15, 0.2) is 5.82 Å². The Morgan fingerprint density at radius 1 is 1.31 bits per heavy atom. The van der Waals surface area contributed by atoms with Gasteiger partial charge >= 0.3 is 6.03 Å². The normalized spacial score (nSPS) is 21.7. The number of morpholine rings is 1. The highest BCUT2D eigenvalue weighted by Crippen LogP contribution is 2.35. The first-order valence-corrected chi connectivity index (χ1v) is 11.4. The van der Waals surface area contributed by atoms with E-state index in [-0.39, 0.29) is 10.5 Å². The largest absolute Gasteiger partial charge is 0.378 e. The molecule has 168 valence electrons. The van der Waals surface area contributed by atoms with Crippen molar-refractivity contribution in [3.8, 4) is 0 Å². The number of carbonyl (C=O) groups excluding carboxylic acids is 1. The SMILES string of the molecule is CNC(=O)NCC[N+]1(c2ccc(N3CCOCC3)nn2)C=CS/C1=N\c1cncc(Cl)c1. The molecule has 0 radical (unpaired) electrons. The molecule has 1 saturated heterocycles. The molecule has 10 nitrogen and oxygen atoms in total. The summed E-state index contributed by atoms with van der Waals surface area (Å²) in [5, 5.41) is 17.7. The average molecular weight is 476 g/mol. The summed E-state index contributed by atoms with van der Waals surface area (Å²) in [5.41, 5.74) is 0.642. The lowest BCUT2D eigenvalue weighted by Crippen LogP contribution is -2.51. The van der Waals surface area contributed by atoms with E-state index in [0.717, 1.165) is 24.1 Å². The predicted octanol–water partition coefficient (Wildman–Crippen LogP) is 2.50. The Bertz CT molecular complexity index is 1010. The highest BCUT2D eigenvalue weighted by molar-refractivity contribution is 8.16. The van der Waals surface area contributed by atoms with Gasteiger partial charge in [-0.15, -0.1) is 5.10 Å². The number of anilines is 1. The maximum atomic E-state index is 11.7. The van der Waals surface area contributed by atoms with Crippen LogP contribution in [0.5, 0.6) is 0 Å². The number of amides is 2. The number of nitrogens with zero attached hydrogens (tertiary/aromatic N) is 6. The maximum Gasteiger partial charge on any atom is 0.314 e. The van der Waals surface area contributed by atoms with E-state index in [1.807, 2.05) is 23.7 Å². The molecule has 2 aromatic heterocycles. The van der Waals surface area contributed by atoms with Gasteiger partial charge < -0.3 is 20.3 Å². The van der Waals surface area contributed by atoms with E-state index in [0.29, 0.717) is 42.8 Å². The van der Waals surface area contributed by atoms with Crippen molar-refractivity contribution in [1.29, 1.82) is 0 Å². The minimum absolute atomic E-state index is 0.220. The molecule has 2 amide bonds. The molecular weight excluding hydrogens is 452 g/mol. The molecule has 2 aliphatic rings. The van der Waals surface area contributed by atoms with Gasteiger partial charge in [0.25, 0.3) is 11.0 Å². The molecule has 0 saturated carbocycles. The number of nitrogens with one attached hydrogen (secondary N) is 2. The molecule has 32 heavy (non-hydrogen) atoms. The van der Waals surface area contributed by atoms with E-state index >= 15 is 0 Å². The number of urea groups is 1. The van der Waals surface area contributed by atoms with Crippen LogP contribution in [0.1, 0.15) is 0 Å². The zero-order valence-corrected chi connectivity index (χ0v) is 19.1. The lowest BCUT2D eigenvalue weighted by atomic mass is 10.3. The molecule has 4 rings (SSSR count). The number of hydrogen-bond donors (Lipinski definition) is 2. The minimum Gasteiger partial charge on any atom is -0.378 e. The fraction of sp³-hybridized carbons (Fsp3) is 0.350. The molecule has 0 aromatic carbocycles. The Morgan fingerprint density at radius 2 is 2.16 bits per heavy atom. The van der Waals surface area contributed by atoms with Gasteiger partial charge in [-0.05, 0) is 23.9 Å². The number of pyridine rings is 1. The number of ether oxygens (including phenoxy) is 1. The van der Waals surface area contributed by atoms with Crippen LogP contribution in [-0.2, 0) is 4.74 Å². The number of quaternary nitrogens is 1. The summed E-state index contributed by atoms with van der Waals surface area (Å²) >= 11 is 7.58. The van der Waals surface area contributed by atoms with Crippen LogP contribution < -0.4 is 20.0 Å². The highest BCUT2D eigenvalue weighted by Gasteiger charge is 2.41. The molecule has 2 aliphatic heterocycles. The molecule has 0 bridgehead atoms. The van der Waals surface area contributed by atoms with Crippen molar-refractivity contribution in [2.45, 2.75) is 0 Å². The molecule has 1 atom stereocenters. The van der Waals surface area contributed by atoms with Gasteiger partial charge in [0, 0.05) is 37.8 Å². The van der Waals surface area contributed by atoms with E-state index in [4.69, 9.17) is 21.3 Å². The van der Waals surface area contributed by atoms with Crippen LogP contribution in [0.4, 0.5) is 22.1 Å². The first-order chi connectivity index (χ1) is 15.6. The van der Waals surface area contributed by atoms with Gasteiger partial charge in [0.05, 0.1) is 36.7 Å². The average Bonchev–Trinajstić information content (AvgIpc) is 3.23. The molecule has 0 aliphatic carbocycles. The molecule has 0 spiro atoms. The van der Waals surface area contributed by atoms with Gasteiger partial charge in [0.1, 0.15) is 12.7 Å². The van der Waals surface area contributed by atoms with Crippen molar-refractivity contribution in [2.24, 2.45) is 4.99 Å². The van der Waals surface area contributed by atoms with Crippen LogP contribution in [0.15, 0.2) is 47.2 Å². The summed E-state index contributed by atoms with van der Waals surface area (Å²) < 4.78 is 5.64. The molecule has 1 unspecified atom stereocenters. The van der Waals surface area contributed by atoms with E-state index in [9.17, 15) is 4.79 Å². The van der Waals surface area contributed by atoms with Gasteiger partial charge in [-0.3, -0.25) is 4.98 Å². The van der Waals surface area contributed by atoms with Crippen molar-refractivity contribution < 1.29 is 9.53 Å². The number of aromatic nitrogens is 3. The van der Waals surface area contributed by atoms with Crippen LogP contribution >= 0.6 is 23.4 Å².